The quantitative estimate of drug-likeness (QED) is 0.228. The topological polar surface area (TPSA) is 85.6 Å². The highest BCUT2D eigenvalue weighted by molar-refractivity contribution is 6.02. The third kappa shape index (κ3) is 5.61. The Morgan fingerprint density at radius 1 is 0.951 bits per heavy atom. The van der Waals surface area contributed by atoms with Crippen LogP contribution < -0.4 is 15.6 Å². The fourth-order valence-electron chi connectivity index (χ4n) is 5.57. The SMILES string of the molecule is Cc1ccccc1NC(=O)COc1ccc2ccccc2c1C=Nn1c(C2CCCCC2)nc2ccccc2c1=O. The lowest BCUT2D eigenvalue weighted by molar-refractivity contribution is -0.118. The zero-order chi connectivity index (χ0) is 28.2. The van der Waals surface area contributed by atoms with Gasteiger partial charge in [0.25, 0.3) is 11.5 Å². The van der Waals surface area contributed by atoms with Crippen LogP contribution in [0.15, 0.2) is 94.8 Å². The Kier molecular flexibility index (Phi) is 7.58. The van der Waals surface area contributed by atoms with Gasteiger partial charge >= 0.3 is 0 Å². The molecule has 0 bridgehead atoms. The fraction of sp³-hybridized carbons (Fsp3) is 0.235. The number of carbonyl (C=O) groups excluding carboxylic acids is 1. The zero-order valence-corrected chi connectivity index (χ0v) is 23.0. The van der Waals surface area contributed by atoms with Gasteiger partial charge in [-0.2, -0.15) is 9.78 Å². The van der Waals surface area contributed by atoms with E-state index in [1.165, 1.54) is 11.1 Å². The standard InChI is InChI=1S/C34H32N4O3/c1-23-11-5-9-17-29(23)36-32(39)22-41-31-20-19-24-12-6-7-15-26(24)28(31)21-35-38-33(25-13-3-2-4-14-25)37-30-18-10-8-16-27(30)34(38)40/h5-12,15-21,25H,2-4,13-14,22H2,1H3,(H,36,39). The summed E-state index contributed by atoms with van der Waals surface area (Å²) in [5, 5.41) is 10.1. The van der Waals surface area contributed by atoms with Crippen LogP contribution in [0.2, 0.25) is 0 Å². The summed E-state index contributed by atoms with van der Waals surface area (Å²) in [7, 11) is 0. The average Bonchev–Trinajstić information content (AvgIpc) is 3.01. The van der Waals surface area contributed by atoms with Gasteiger partial charge in [-0.25, -0.2) is 4.98 Å². The Morgan fingerprint density at radius 3 is 2.51 bits per heavy atom. The molecule has 5 aromatic rings. The third-order valence-corrected chi connectivity index (χ3v) is 7.76. The van der Waals surface area contributed by atoms with Crippen molar-refractivity contribution in [2.75, 3.05) is 11.9 Å². The molecule has 0 saturated heterocycles. The van der Waals surface area contributed by atoms with E-state index in [2.05, 4.69) is 5.32 Å². The van der Waals surface area contributed by atoms with Crippen LogP contribution in [0.25, 0.3) is 21.7 Å². The van der Waals surface area contributed by atoms with E-state index in [0.717, 1.165) is 47.7 Å². The maximum absolute atomic E-state index is 13.7. The first-order chi connectivity index (χ1) is 20.1. The molecular weight excluding hydrogens is 512 g/mol. The van der Waals surface area contributed by atoms with Crippen LogP contribution in [0.5, 0.6) is 5.75 Å². The number of nitrogens with one attached hydrogen (secondary N) is 1. The van der Waals surface area contributed by atoms with E-state index in [0.29, 0.717) is 28.0 Å². The fourth-order valence-corrected chi connectivity index (χ4v) is 5.57. The predicted octanol–water partition coefficient (Wildman–Crippen LogP) is 6.81. The summed E-state index contributed by atoms with van der Waals surface area (Å²) in [6, 6.07) is 26.8. The number of para-hydroxylation sites is 2. The number of amides is 1. The molecule has 1 aliphatic carbocycles. The molecule has 1 fully saturated rings. The van der Waals surface area contributed by atoms with E-state index in [1.807, 2.05) is 85.8 Å². The Morgan fingerprint density at radius 2 is 1.68 bits per heavy atom. The molecule has 0 aliphatic heterocycles. The van der Waals surface area contributed by atoms with Crippen molar-refractivity contribution in [3.63, 3.8) is 0 Å². The van der Waals surface area contributed by atoms with Gasteiger partial charge in [0, 0.05) is 17.2 Å². The lowest BCUT2D eigenvalue weighted by Crippen LogP contribution is -2.25. The molecule has 1 amide bonds. The smallest absolute Gasteiger partial charge is 0.282 e. The second-order valence-corrected chi connectivity index (χ2v) is 10.5. The summed E-state index contributed by atoms with van der Waals surface area (Å²) in [5.41, 5.74) is 2.93. The molecule has 7 heteroatoms. The molecule has 1 N–H and O–H groups in total. The zero-order valence-electron chi connectivity index (χ0n) is 23.0. The van der Waals surface area contributed by atoms with E-state index >= 15 is 0 Å². The van der Waals surface area contributed by atoms with Gasteiger partial charge in [-0.3, -0.25) is 9.59 Å². The first-order valence-electron chi connectivity index (χ1n) is 14.1. The van der Waals surface area contributed by atoms with E-state index in [4.69, 9.17) is 14.8 Å². The summed E-state index contributed by atoms with van der Waals surface area (Å²) < 4.78 is 7.52. The molecular formula is C34H32N4O3. The van der Waals surface area contributed by atoms with E-state index in [9.17, 15) is 9.59 Å². The first kappa shape index (κ1) is 26.4. The Labute approximate surface area is 238 Å². The molecule has 206 valence electrons. The van der Waals surface area contributed by atoms with Crippen LogP contribution >= 0.6 is 0 Å². The minimum Gasteiger partial charge on any atom is -0.483 e. The summed E-state index contributed by atoms with van der Waals surface area (Å²) in [5.74, 6) is 1.12. The van der Waals surface area contributed by atoms with Crippen molar-refractivity contribution >= 4 is 39.5 Å². The molecule has 0 atom stereocenters. The van der Waals surface area contributed by atoms with Gasteiger partial charge in [0.05, 0.1) is 17.1 Å². The van der Waals surface area contributed by atoms with Crippen molar-refractivity contribution < 1.29 is 9.53 Å². The second-order valence-electron chi connectivity index (χ2n) is 10.5. The number of hydrogen-bond donors (Lipinski definition) is 1. The number of ether oxygens (including phenoxy) is 1. The van der Waals surface area contributed by atoms with Crippen LogP contribution in [-0.2, 0) is 4.79 Å². The molecule has 0 spiro atoms. The van der Waals surface area contributed by atoms with E-state index in [1.54, 1.807) is 12.3 Å². The number of hydrogen-bond acceptors (Lipinski definition) is 5. The Bertz CT molecular complexity index is 1820. The van der Waals surface area contributed by atoms with Crippen LogP contribution in [0.1, 0.15) is 55.0 Å². The van der Waals surface area contributed by atoms with Crippen LogP contribution in [0.4, 0.5) is 5.69 Å². The molecule has 1 saturated carbocycles. The number of rotatable bonds is 7. The summed E-state index contributed by atoms with van der Waals surface area (Å²) in [4.78, 5) is 31.4. The summed E-state index contributed by atoms with van der Waals surface area (Å²) in [6.45, 7) is 1.78. The minimum absolute atomic E-state index is 0.168. The Balaban J connectivity index is 1.38. The highest BCUT2D eigenvalue weighted by Gasteiger charge is 2.22. The lowest BCUT2D eigenvalue weighted by Gasteiger charge is -2.22. The van der Waals surface area contributed by atoms with Gasteiger partial charge in [-0.05, 0) is 60.4 Å². The summed E-state index contributed by atoms with van der Waals surface area (Å²) >= 11 is 0. The molecule has 0 radical (unpaired) electrons. The number of anilines is 1. The van der Waals surface area contributed by atoms with E-state index < -0.39 is 0 Å². The normalized spacial score (nSPS) is 14.1. The minimum atomic E-state index is -0.259. The van der Waals surface area contributed by atoms with Gasteiger partial charge in [0.2, 0.25) is 0 Å². The molecule has 0 unspecified atom stereocenters. The number of aromatic nitrogens is 2. The molecule has 1 aromatic heterocycles. The van der Waals surface area contributed by atoms with Gasteiger partial charge in [-0.1, -0.05) is 79.9 Å². The molecule has 1 aliphatic rings. The van der Waals surface area contributed by atoms with Gasteiger partial charge in [0.1, 0.15) is 11.6 Å². The van der Waals surface area contributed by atoms with Crippen molar-refractivity contribution in [1.29, 1.82) is 0 Å². The number of nitrogens with zero attached hydrogens (tertiary/aromatic N) is 3. The summed E-state index contributed by atoms with van der Waals surface area (Å²) in [6.07, 6.45) is 7.07. The van der Waals surface area contributed by atoms with Crippen LogP contribution in [0, 0.1) is 6.92 Å². The van der Waals surface area contributed by atoms with E-state index in [-0.39, 0.29) is 24.0 Å². The number of fused-ring (bicyclic) bond motifs is 2. The number of carbonyl (C=O) groups is 1. The highest BCUT2D eigenvalue weighted by Crippen LogP contribution is 2.32. The Hall–Kier alpha value is -4.78. The largest absolute Gasteiger partial charge is 0.483 e. The average molecular weight is 545 g/mol. The van der Waals surface area contributed by atoms with Crippen LogP contribution in [0.3, 0.4) is 0 Å². The molecule has 41 heavy (non-hydrogen) atoms. The monoisotopic (exact) mass is 544 g/mol. The second kappa shape index (κ2) is 11.8. The molecule has 1 heterocycles. The molecule has 4 aromatic carbocycles. The van der Waals surface area contributed by atoms with Gasteiger partial charge in [-0.15, -0.1) is 0 Å². The van der Waals surface area contributed by atoms with Crippen LogP contribution in [-0.4, -0.2) is 28.4 Å². The first-order valence-corrected chi connectivity index (χ1v) is 14.1. The van der Waals surface area contributed by atoms with Crippen molar-refractivity contribution in [3.05, 3.63) is 112 Å². The lowest BCUT2D eigenvalue weighted by atomic mass is 9.88. The third-order valence-electron chi connectivity index (χ3n) is 7.76. The van der Waals surface area contributed by atoms with Gasteiger partial charge < -0.3 is 10.1 Å². The number of benzene rings is 4. The van der Waals surface area contributed by atoms with Crippen molar-refractivity contribution in [1.82, 2.24) is 9.66 Å². The highest BCUT2D eigenvalue weighted by atomic mass is 16.5. The van der Waals surface area contributed by atoms with Crippen molar-refractivity contribution in [3.8, 4) is 5.75 Å². The van der Waals surface area contributed by atoms with Crippen molar-refractivity contribution in [2.45, 2.75) is 44.9 Å². The number of aryl methyl sites for hydroxylation is 1. The van der Waals surface area contributed by atoms with Crippen molar-refractivity contribution in [2.24, 2.45) is 5.10 Å². The maximum atomic E-state index is 13.7. The van der Waals surface area contributed by atoms with Gasteiger partial charge in [0.15, 0.2) is 6.61 Å². The molecule has 7 nitrogen and oxygen atoms in total. The molecule has 6 rings (SSSR count). The maximum Gasteiger partial charge on any atom is 0.282 e. The predicted molar refractivity (Wildman–Crippen MR) is 164 cm³/mol.